The van der Waals surface area contributed by atoms with Gasteiger partial charge in [0.1, 0.15) is 12.2 Å². The quantitative estimate of drug-likeness (QED) is 0.272. The predicted octanol–water partition coefficient (Wildman–Crippen LogP) is 6.06. The Hall–Kier alpha value is -4.20. The monoisotopic (exact) mass is 545 g/mol. The molecule has 6 rings (SSSR count). The molecule has 7 nitrogen and oxygen atoms in total. The maximum atomic E-state index is 13.2. The van der Waals surface area contributed by atoms with Gasteiger partial charge in [-0.3, -0.25) is 19.5 Å². The Morgan fingerprint density at radius 3 is 2.32 bits per heavy atom. The third kappa shape index (κ3) is 5.11. The van der Waals surface area contributed by atoms with Crippen molar-refractivity contribution < 1.29 is 9.59 Å². The van der Waals surface area contributed by atoms with Crippen molar-refractivity contribution in [2.45, 2.75) is 19.3 Å². The first-order valence-corrected chi connectivity index (χ1v) is 11.8. The molecule has 3 aromatic carbocycles. The number of hydrogen-bond acceptors (Lipinski definition) is 4. The molecular weight excluding hydrogens is 521 g/mol. The molecular formula is C29H25Cl2N5O2. The van der Waals surface area contributed by atoms with Crippen molar-refractivity contribution >= 4 is 64.5 Å². The van der Waals surface area contributed by atoms with E-state index in [0.29, 0.717) is 17.1 Å². The van der Waals surface area contributed by atoms with Crippen LogP contribution >= 0.6 is 24.8 Å². The van der Waals surface area contributed by atoms with Gasteiger partial charge in [0.15, 0.2) is 0 Å². The van der Waals surface area contributed by atoms with Crippen molar-refractivity contribution in [2.75, 3.05) is 10.2 Å². The van der Waals surface area contributed by atoms with Crippen molar-refractivity contribution in [1.82, 2.24) is 14.5 Å². The number of carbonyl (C=O) groups is 2. The zero-order valence-electron chi connectivity index (χ0n) is 20.3. The summed E-state index contributed by atoms with van der Waals surface area (Å²) in [7, 11) is 0. The van der Waals surface area contributed by atoms with E-state index in [1.165, 1.54) is 0 Å². The van der Waals surface area contributed by atoms with E-state index in [2.05, 4.69) is 15.3 Å². The van der Waals surface area contributed by atoms with Crippen LogP contribution < -0.4 is 10.2 Å². The van der Waals surface area contributed by atoms with Gasteiger partial charge in [-0.25, -0.2) is 4.98 Å². The summed E-state index contributed by atoms with van der Waals surface area (Å²) in [6.45, 7) is 0. The molecule has 1 aliphatic rings. The molecule has 38 heavy (non-hydrogen) atoms. The number of anilines is 3. The zero-order valence-corrected chi connectivity index (χ0v) is 21.9. The van der Waals surface area contributed by atoms with Crippen LogP contribution in [0.15, 0.2) is 97.5 Å². The first-order chi connectivity index (χ1) is 17.7. The molecule has 0 bridgehead atoms. The molecule has 0 fully saturated rings. The highest BCUT2D eigenvalue weighted by Crippen LogP contribution is 2.40. The summed E-state index contributed by atoms with van der Waals surface area (Å²) in [5.74, 6) is 0.353. The number of amides is 2. The van der Waals surface area contributed by atoms with Crippen LogP contribution in [0.3, 0.4) is 0 Å². The van der Waals surface area contributed by atoms with Crippen LogP contribution in [-0.2, 0) is 22.4 Å². The normalized spacial score (nSPS) is 12.7. The second-order valence-electron chi connectivity index (χ2n) is 8.69. The minimum Gasteiger partial charge on any atom is -0.323 e. The number of nitrogens with zero attached hydrogens (tertiary/aromatic N) is 4. The number of nitrogens with one attached hydrogen (secondary N) is 1. The zero-order chi connectivity index (χ0) is 24.5. The van der Waals surface area contributed by atoms with Crippen molar-refractivity contribution in [3.8, 4) is 5.69 Å². The van der Waals surface area contributed by atoms with E-state index < -0.39 is 0 Å². The maximum absolute atomic E-state index is 13.2. The van der Waals surface area contributed by atoms with Gasteiger partial charge in [-0.05, 0) is 54.3 Å². The molecule has 0 saturated carbocycles. The number of hydrogen-bond donors (Lipinski definition) is 1. The highest BCUT2D eigenvalue weighted by molar-refractivity contribution is 6.21. The van der Waals surface area contributed by atoms with Crippen LogP contribution in [0.1, 0.15) is 17.9 Å². The van der Waals surface area contributed by atoms with Gasteiger partial charge >= 0.3 is 0 Å². The van der Waals surface area contributed by atoms with E-state index in [1.54, 1.807) is 17.3 Å². The number of aromatic nitrogens is 3. The number of imidazole rings is 1. The molecule has 3 heterocycles. The van der Waals surface area contributed by atoms with Crippen molar-refractivity contribution in [3.63, 3.8) is 0 Å². The smallest absolute Gasteiger partial charge is 0.241 e. The van der Waals surface area contributed by atoms with Crippen LogP contribution in [0.2, 0.25) is 0 Å². The summed E-state index contributed by atoms with van der Waals surface area (Å²) in [5.41, 5.74) is 3.99. The topological polar surface area (TPSA) is 80.1 Å². The van der Waals surface area contributed by atoms with E-state index in [0.717, 1.165) is 40.8 Å². The average molecular weight is 546 g/mol. The minimum absolute atomic E-state index is 0. The fourth-order valence-electron chi connectivity index (χ4n) is 4.70. The SMILES string of the molecule is Cl.Cl.O=C1CC(=O)N(c2ccc(-n3ccnc3CCc3ccccn3)cc2)c2ccc3ccccc3c2N1. The number of carbonyl (C=O) groups excluding carboxylic acids is 2. The maximum Gasteiger partial charge on any atom is 0.241 e. The minimum atomic E-state index is -0.312. The Morgan fingerprint density at radius 2 is 1.53 bits per heavy atom. The number of pyridine rings is 1. The van der Waals surface area contributed by atoms with Crippen LogP contribution in [0, 0.1) is 0 Å². The van der Waals surface area contributed by atoms with E-state index in [4.69, 9.17) is 0 Å². The lowest BCUT2D eigenvalue weighted by atomic mass is 10.1. The van der Waals surface area contributed by atoms with E-state index >= 15 is 0 Å². The molecule has 1 N–H and O–H groups in total. The van der Waals surface area contributed by atoms with Gasteiger partial charge in [0.2, 0.25) is 11.8 Å². The van der Waals surface area contributed by atoms with Gasteiger partial charge in [0.25, 0.3) is 0 Å². The van der Waals surface area contributed by atoms with Crippen molar-refractivity contribution in [2.24, 2.45) is 0 Å². The Kier molecular flexibility index (Phi) is 8.10. The number of aryl methyl sites for hydroxylation is 2. The fourth-order valence-corrected chi connectivity index (χ4v) is 4.70. The Bertz CT molecular complexity index is 1590. The first kappa shape index (κ1) is 26.9. The summed E-state index contributed by atoms with van der Waals surface area (Å²) in [4.78, 5) is 36.2. The number of fused-ring (bicyclic) bond motifs is 3. The van der Waals surface area contributed by atoms with E-state index in [-0.39, 0.29) is 43.0 Å². The molecule has 2 aromatic heterocycles. The molecule has 0 unspecified atom stereocenters. The molecule has 0 radical (unpaired) electrons. The molecule has 1 aliphatic heterocycles. The van der Waals surface area contributed by atoms with Gasteiger partial charge < -0.3 is 9.88 Å². The second kappa shape index (κ2) is 11.5. The third-order valence-corrected chi connectivity index (χ3v) is 6.41. The van der Waals surface area contributed by atoms with Gasteiger partial charge in [-0.15, -0.1) is 24.8 Å². The predicted molar refractivity (Wildman–Crippen MR) is 154 cm³/mol. The summed E-state index contributed by atoms with van der Waals surface area (Å²) < 4.78 is 2.05. The molecule has 9 heteroatoms. The number of benzene rings is 3. The molecule has 5 aromatic rings. The Balaban J connectivity index is 0.00000168. The lowest BCUT2D eigenvalue weighted by Crippen LogP contribution is -2.26. The van der Waals surface area contributed by atoms with Gasteiger partial charge in [-0.2, -0.15) is 0 Å². The van der Waals surface area contributed by atoms with Gasteiger partial charge in [-0.1, -0.05) is 36.4 Å². The van der Waals surface area contributed by atoms with E-state index in [9.17, 15) is 9.59 Å². The molecule has 192 valence electrons. The summed E-state index contributed by atoms with van der Waals surface area (Å²) in [5, 5.41) is 4.84. The molecule has 0 aliphatic carbocycles. The lowest BCUT2D eigenvalue weighted by molar-refractivity contribution is -0.124. The van der Waals surface area contributed by atoms with Gasteiger partial charge in [0, 0.05) is 47.5 Å². The second-order valence-corrected chi connectivity index (χ2v) is 8.69. The molecule has 2 amide bonds. The number of rotatable bonds is 5. The van der Waals surface area contributed by atoms with Gasteiger partial charge in [0.05, 0.1) is 11.4 Å². The molecule has 0 atom stereocenters. The van der Waals surface area contributed by atoms with Crippen molar-refractivity contribution in [1.29, 1.82) is 0 Å². The standard InChI is InChI=1S/C29H23N5O2.2ClH/c35-27-19-28(36)34(25-14-8-20-5-1-2-7-24(20)29(25)32-27)23-12-10-22(11-13-23)33-18-17-31-26(33)15-9-21-6-3-4-16-30-21;;/h1-8,10-14,16-18H,9,15,19H2,(H,32,35);2*1H. The van der Waals surface area contributed by atoms with E-state index in [1.807, 2.05) is 89.6 Å². The largest absolute Gasteiger partial charge is 0.323 e. The van der Waals surface area contributed by atoms with Crippen LogP contribution in [0.25, 0.3) is 16.5 Å². The highest BCUT2D eigenvalue weighted by atomic mass is 35.5. The number of halogens is 2. The Morgan fingerprint density at radius 1 is 0.763 bits per heavy atom. The Labute approximate surface area is 232 Å². The molecule has 0 saturated heterocycles. The summed E-state index contributed by atoms with van der Waals surface area (Å²) in [6, 6.07) is 25.4. The summed E-state index contributed by atoms with van der Waals surface area (Å²) >= 11 is 0. The molecule has 0 spiro atoms. The van der Waals surface area contributed by atoms with Crippen molar-refractivity contribution in [3.05, 3.63) is 109 Å². The first-order valence-electron chi connectivity index (χ1n) is 11.8. The van der Waals surface area contributed by atoms with Crippen LogP contribution in [0.5, 0.6) is 0 Å². The fraction of sp³-hybridized carbons (Fsp3) is 0.103. The van der Waals surface area contributed by atoms with Crippen LogP contribution in [-0.4, -0.2) is 26.3 Å². The highest BCUT2D eigenvalue weighted by Gasteiger charge is 2.28. The average Bonchev–Trinajstić information content (AvgIpc) is 3.33. The lowest BCUT2D eigenvalue weighted by Gasteiger charge is -2.23. The third-order valence-electron chi connectivity index (χ3n) is 6.41. The summed E-state index contributed by atoms with van der Waals surface area (Å²) in [6.07, 6.45) is 6.86. The van der Waals surface area contributed by atoms with Crippen LogP contribution in [0.4, 0.5) is 17.1 Å².